The van der Waals surface area contributed by atoms with E-state index in [9.17, 15) is 4.79 Å². The zero-order chi connectivity index (χ0) is 20.0. The Labute approximate surface area is 170 Å². The fraction of sp³-hybridized carbons (Fsp3) is 0.0435. The maximum absolute atomic E-state index is 13.0. The van der Waals surface area contributed by atoms with E-state index in [1.165, 1.54) is 0 Å². The van der Waals surface area contributed by atoms with Gasteiger partial charge in [-0.1, -0.05) is 53.2 Å². The highest BCUT2D eigenvalue weighted by Gasteiger charge is 2.23. The number of halogens is 1. The Morgan fingerprint density at radius 2 is 1.72 bits per heavy atom. The van der Waals surface area contributed by atoms with Gasteiger partial charge in [0.1, 0.15) is 28.2 Å². The quantitative estimate of drug-likeness (QED) is 0.376. The van der Waals surface area contributed by atoms with E-state index >= 15 is 0 Å². The van der Waals surface area contributed by atoms with E-state index in [-0.39, 0.29) is 5.91 Å². The molecule has 0 radical (unpaired) electrons. The minimum atomic E-state index is -0.325. The van der Waals surface area contributed by atoms with Crippen molar-refractivity contribution in [3.63, 3.8) is 0 Å². The number of aryl methyl sites for hydroxylation is 1. The lowest BCUT2D eigenvalue weighted by molar-refractivity contribution is 0.102. The number of carbonyl (C=O) groups excluding carboxylic acids is 1. The molecule has 0 bridgehead atoms. The minimum absolute atomic E-state index is 0.325. The smallest absolute Gasteiger partial charge is 0.261 e. The van der Waals surface area contributed by atoms with Crippen LogP contribution in [0.5, 0.6) is 0 Å². The van der Waals surface area contributed by atoms with E-state index in [2.05, 4.69) is 10.5 Å². The van der Waals surface area contributed by atoms with Crippen LogP contribution in [0.4, 0.5) is 5.69 Å². The number of fused-ring (bicyclic) bond motifs is 3. The Bertz CT molecular complexity index is 1380. The Morgan fingerprint density at radius 3 is 2.59 bits per heavy atom. The van der Waals surface area contributed by atoms with E-state index in [1.807, 2.05) is 54.6 Å². The highest BCUT2D eigenvalue weighted by atomic mass is 35.5. The van der Waals surface area contributed by atoms with Crippen LogP contribution in [0, 0.1) is 6.92 Å². The van der Waals surface area contributed by atoms with E-state index in [0.717, 1.165) is 16.4 Å². The standard InChI is InChI=1S/C23H15ClN2O3/c1-13-21(22(26-29-13)17-7-2-4-8-18(17)24)23(27)25-14-10-11-16-15-6-3-5-9-19(15)28-20(16)12-14/h2-12H,1H3,(H,25,27). The lowest BCUT2D eigenvalue weighted by Gasteiger charge is -2.07. The molecule has 29 heavy (non-hydrogen) atoms. The van der Waals surface area contributed by atoms with Crippen molar-refractivity contribution in [3.8, 4) is 11.3 Å². The van der Waals surface area contributed by atoms with Gasteiger partial charge in [-0.2, -0.15) is 0 Å². The van der Waals surface area contributed by atoms with Gasteiger partial charge in [0.2, 0.25) is 0 Å². The van der Waals surface area contributed by atoms with Gasteiger partial charge in [0.15, 0.2) is 0 Å². The summed E-state index contributed by atoms with van der Waals surface area (Å²) in [7, 11) is 0. The zero-order valence-electron chi connectivity index (χ0n) is 15.4. The number of nitrogens with zero attached hydrogens (tertiary/aromatic N) is 1. The molecule has 0 aliphatic carbocycles. The first-order valence-electron chi connectivity index (χ1n) is 9.05. The molecule has 5 nitrogen and oxygen atoms in total. The molecule has 0 atom stereocenters. The van der Waals surface area contributed by atoms with Gasteiger partial charge in [0.25, 0.3) is 5.91 Å². The van der Waals surface area contributed by atoms with Crippen molar-refractivity contribution in [3.05, 3.63) is 83.1 Å². The molecule has 0 aliphatic rings. The van der Waals surface area contributed by atoms with Crippen LogP contribution in [0.1, 0.15) is 16.1 Å². The highest BCUT2D eigenvalue weighted by molar-refractivity contribution is 6.33. The predicted octanol–water partition coefficient (Wildman–Crippen LogP) is 6.46. The number of rotatable bonds is 3. The molecule has 2 heterocycles. The zero-order valence-corrected chi connectivity index (χ0v) is 16.2. The van der Waals surface area contributed by atoms with Gasteiger partial charge in [0, 0.05) is 28.1 Å². The maximum Gasteiger partial charge on any atom is 0.261 e. The highest BCUT2D eigenvalue weighted by Crippen LogP contribution is 2.33. The summed E-state index contributed by atoms with van der Waals surface area (Å²) in [6.07, 6.45) is 0. The fourth-order valence-corrected chi connectivity index (χ4v) is 3.70. The van der Waals surface area contributed by atoms with Crippen molar-refractivity contribution in [1.82, 2.24) is 5.16 Å². The van der Waals surface area contributed by atoms with Crippen molar-refractivity contribution >= 4 is 45.1 Å². The number of furan rings is 1. The largest absolute Gasteiger partial charge is 0.456 e. The monoisotopic (exact) mass is 402 g/mol. The summed E-state index contributed by atoms with van der Waals surface area (Å²) in [6.45, 7) is 1.70. The molecule has 0 spiro atoms. The molecule has 5 rings (SSSR count). The van der Waals surface area contributed by atoms with Crippen LogP contribution in [0.25, 0.3) is 33.2 Å². The molecule has 1 amide bonds. The van der Waals surface area contributed by atoms with Crippen molar-refractivity contribution in [2.24, 2.45) is 0 Å². The number of amides is 1. The molecular formula is C23H15ClN2O3. The summed E-state index contributed by atoms with van der Waals surface area (Å²) in [5.41, 5.74) is 3.54. The first-order valence-corrected chi connectivity index (χ1v) is 9.43. The van der Waals surface area contributed by atoms with Crippen molar-refractivity contribution in [2.45, 2.75) is 6.92 Å². The summed E-state index contributed by atoms with van der Waals surface area (Å²) in [4.78, 5) is 13.0. The molecule has 6 heteroatoms. The molecule has 0 aliphatic heterocycles. The van der Waals surface area contributed by atoms with Gasteiger partial charge in [0.05, 0.1) is 5.02 Å². The fourth-order valence-electron chi connectivity index (χ4n) is 3.47. The molecule has 0 unspecified atom stereocenters. The van der Waals surface area contributed by atoms with Crippen molar-refractivity contribution in [2.75, 3.05) is 5.32 Å². The van der Waals surface area contributed by atoms with Crippen molar-refractivity contribution < 1.29 is 13.7 Å². The van der Waals surface area contributed by atoms with Crippen LogP contribution >= 0.6 is 11.6 Å². The van der Waals surface area contributed by atoms with E-state index < -0.39 is 0 Å². The number of hydrogen-bond donors (Lipinski definition) is 1. The van der Waals surface area contributed by atoms with Crippen LogP contribution in [0.2, 0.25) is 5.02 Å². The van der Waals surface area contributed by atoms with Crippen LogP contribution in [-0.2, 0) is 0 Å². The third kappa shape index (κ3) is 2.96. The van der Waals surface area contributed by atoms with Gasteiger partial charge >= 0.3 is 0 Å². The molecular weight excluding hydrogens is 388 g/mol. The predicted molar refractivity (Wildman–Crippen MR) is 113 cm³/mol. The number of nitrogens with one attached hydrogen (secondary N) is 1. The molecule has 2 aromatic heterocycles. The average molecular weight is 403 g/mol. The number of anilines is 1. The minimum Gasteiger partial charge on any atom is -0.456 e. The molecule has 5 aromatic rings. The molecule has 0 saturated heterocycles. The van der Waals surface area contributed by atoms with Gasteiger partial charge in [-0.15, -0.1) is 0 Å². The van der Waals surface area contributed by atoms with Crippen LogP contribution < -0.4 is 5.32 Å². The van der Waals surface area contributed by atoms with Crippen LogP contribution in [0.3, 0.4) is 0 Å². The Morgan fingerprint density at radius 1 is 0.966 bits per heavy atom. The summed E-state index contributed by atoms with van der Waals surface area (Å²) < 4.78 is 11.2. The third-order valence-electron chi connectivity index (χ3n) is 4.86. The summed E-state index contributed by atoms with van der Waals surface area (Å²) in [5, 5.41) is 9.49. The Kier molecular flexibility index (Phi) is 4.11. The molecule has 3 aromatic carbocycles. The van der Waals surface area contributed by atoms with E-state index in [1.54, 1.807) is 19.1 Å². The molecule has 142 valence electrons. The number of para-hydroxylation sites is 1. The van der Waals surface area contributed by atoms with Gasteiger partial charge in [-0.25, -0.2) is 0 Å². The third-order valence-corrected chi connectivity index (χ3v) is 5.18. The molecule has 0 fully saturated rings. The second-order valence-electron chi connectivity index (χ2n) is 6.71. The second kappa shape index (κ2) is 6.79. The second-order valence-corrected chi connectivity index (χ2v) is 7.11. The van der Waals surface area contributed by atoms with Crippen LogP contribution in [0.15, 0.2) is 75.7 Å². The van der Waals surface area contributed by atoms with Crippen molar-refractivity contribution in [1.29, 1.82) is 0 Å². The maximum atomic E-state index is 13.0. The number of carbonyl (C=O) groups is 1. The van der Waals surface area contributed by atoms with E-state index in [4.69, 9.17) is 20.5 Å². The van der Waals surface area contributed by atoms with Crippen LogP contribution in [-0.4, -0.2) is 11.1 Å². The first kappa shape index (κ1) is 17.5. The van der Waals surface area contributed by atoms with Gasteiger partial charge in [-0.3, -0.25) is 4.79 Å². The summed E-state index contributed by atoms with van der Waals surface area (Å²) in [6, 6.07) is 20.6. The number of aromatic nitrogens is 1. The summed E-state index contributed by atoms with van der Waals surface area (Å²) >= 11 is 6.28. The molecule has 1 N–H and O–H groups in total. The van der Waals surface area contributed by atoms with Gasteiger partial charge < -0.3 is 14.3 Å². The number of benzene rings is 3. The lowest BCUT2D eigenvalue weighted by Crippen LogP contribution is -2.13. The Balaban J connectivity index is 1.52. The summed E-state index contributed by atoms with van der Waals surface area (Å²) in [5.74, 6) is 0.0939. The van der Waals surface area contributed by atoms with E-state index in [0.29, 0.717) is 38.9 Å². The normalized spacial score (nSPS) is 11.2. The first-order chi connectivity index (χ1) is 14.1. The van der Waals surface area contributed by atoms with Gasteiger partial charge in [-0.05, 0) is 31.2 Å². The Hall–Kier alpha value is -3.57. The lowest BCUT2D eigenvalue weighted by atomic mass is 10.1. The average Bonchev–Trinajstić information content (AvgIpc) is 3.28. The SMILES string of the molecule is Cc1onc(-c2ccccc2Cl)c1C(=O)Nc1ccc2c(c1)oc1ccccc12. The number of hydrogen-bond acceptors (Lipinski definition) is 4. The topological polar surface area (TPSA) is 68.3 Å². The molecule has 0 saturated carbocycles.